The Bertz CT molecular complexity index is 1390. The summed E-state index contributed by atoms with van der Waals surface area (Å²) in [4.78, 5) is 11.7. The number of benzene rings is 2. The average Bonchev–Trinajstić information content (AvgIpc) is 3.24. The fourth-order valence-electron chi connectivity index (χ4n) is 4.33. The fraction of sp³-hybridized carbons (Fsp3) is 0.240. The van der Waals surface area contributed by atoms with E-state index in [4.69, 9.17) is 15.0 Å². The zero-order valence-corrected chi connectivity index (χ0v) is 18.1. The Labute approximate surface area is 189 Å². The Morgan fingerprint density at radius 2 is 1.82 bits per heavy atom. The number of aromatic nitrogens is 3. The van der Waals surface area contributed by atoms with Crippen LogP contribution in [0.2, 0.25) is 0 Å². The number of anilines is 1. The van der Waals surface area contributed by atoms with E-state index < -0.39 is 11.6 Å². The molecular formula is C25H21F2N5O. The van der Waals surface area contributed by atoms with E-state index in [1.807, 2.05) is 12.1 Å². The van der Waals surface area contributed by atoms with Gasteiger partial charge in [0, 0.05) is 30.9 Å². The van der Waals surface area contributed by atoms with Gasteiger partial charge in [0.05, 0.1) is 24.0 Å². The second-order valence-corrected chi connectivity index (χ2v) is 7.95. The van der Waals surface area contributed by atoms with E-state index in [1.165, 1.54) is 37.8 Å². The van der Waals surface area contributed by atoms with Crippen molar-refractivity contribution in [3.63, 3.8) is 0 Å². The lowest BCUT2D eigenvalue weighted by molar-refractivity contribution is 0.386. The first kappa shape index (κ1) is 20.9. The van der Waals surface area contributed by atoms with Gasteiger partial charge in [-0.1, -0.05) is 0 Å². The predicted octanol–water partition coefficient (Wildman–Crippen LogP) is 5.24. The van der Waals surface area contributed by atoms with Crippen molar-refractivity contribution < 1.29 is 13.5 Å². The summed E-state index contributed by atoms with van der Waals surface area (Å²) in [5, 5.41) is 9.11. The molecule has 6 nitrogen and oxygen atoms in total. The molecule has 1 saturated heterocycles. The minimum atomic E-state index is -0.640. The third-order valence-electron chi connectivity index (χ3n) is 5.96. The maximum absolute atomic E-state index is 14.6. The van der Waals surface area contributed by atoms with Gasteiger partial charge in [-0.2, -0.15) is 5.26 Å². The van der Waals surface area contributed by atoms with Crippen LogP contribution in [0.4, 0.5) is 14.5 Å². The first-order valence-corrected chi connectivity index (χ1v) is 10.8. The normalized spacial score (nSPS) is 13.8. The monoisotopic (exact) mass is 445 g/mol. The largest absolute Gasteiger partial charge is 0.494 e. The molecule has 0 amide bonds. The molecule has 1 fully saturated rings. The quantitative estimate of drug-likeness (QED) is 0.430. The molecule has 1 aliphatic heterocycles. The van der Waals surface area contributed by atoms with E-state index >= 15 is 0 Å². The van der Waals surface area contributed by atoms with Gasteiger partial charge in [-0.25, -0.2) is 18.7 Å². The summed E-state index contributed by atoms with van der Waals surface area (Å²) in [5.41, 5.74) is 3.05. The van der Waals surface area contributed by atoms with Gasteiger partial charge in [0.2, 0.25) is 0 Å². The van der Waals surface area contributed by atoms with Gasteiger partial charge in [0.15, 0.2) is 17.2 Å². The van der Waals surface area contributed by atoms with Gasteiger partial charge in [0.25, 0.3) is 0 Å². The number of pyridine rings is 1. The number of piperidine rings is 1. The number of halogens is 2. The molecule has 0 radical (unpaired) electrons. The van der Waals surface area contributed by atoms with Gasteiger partial charge < -0.3 is 9.64 Å². The number of hydrogen-bond acceptors (Lipinski definition) is 5. The Morgan fingerprint density at radius 1 is 1.00 bits per heavy atom. The molecule has 33 heavy (non-hydrogen) atoms. The highest BCUT2D eigenvalue weighted by Crippen LogP contribution is 2.34. The molecule has 4 aromatic rings. The first-order chi connectivity index (χ1) is 16.1. The van der Waals surface area contributed by atoms with Gasteiger partial charge >= 0.3 is 0 Å². The fourth-order valence-corrected chi connectivity index (χ4v) is 4.33. The van der Waals surface area contributed by atoms with Gasteiger partial charge in [0.1, 0.15) is 23.2 Å². The molecule has 1 aliphatic rings. The summed E-state index contributed by atoms with van der Waals surface area (Å²) >= 11 is 0. The second kappa shape index (κ2) is 8.51. The average molecular weight is 445 g/mol. The van der Waals surface area contributed by atoms with Crippen LogP contribution in [0.1, 0.15) is 24.8 Å². The zero-order valence-electron chi connectivity index (χ0n) is 18.1. The second-order valence-electron chi connectivity index (χ2n) is 7.95. The van der Waals surface area contributed by atoms with E-state index in [0.29, 0.717) is 28.2 Å². The van der Waals surface area contributed by atoms with E-state index in [0.717, 1.165) is 31.6 Å². The van der Waals surface area contributed by atoms with Crippen molar-refractivity contribution in [3.05, 3.63) is 65.9 Å². The lowest BCUT2D eigenvalue weighted by Crippen LogP contribution is -2.29. The summed E-state index contributed by atoms with van der Waals surface area (Å²) in [6.07, 6.45) is 5.11. The van der Waals surface area contributed by atoms with Crippen molar-refractivity contribution in [3.8, 4) is 28.9 Å². The summed E-state index contributed by atoms with van der Waals surface area (Å²) in [7, 11) is 1.40. The van der Waals surface area contributed by atoms with E-state index in [-0.39, 0.29) is 11.3 Å². The minimum Gasteiger partial charge on any atom is -0.494 e. The minimum absolute atomic E-state index is 0.0518. The molecule has 2 aromatic heterocycles. The molecule has 0 aliphatic carbocycles. The van der Waals surface area contributed by atoms with Crippen molar-refractivity contribution in [2.24, 2.45) is 0 Å². The number of fused-ring (bicyclic) bond motifs is 1. The van der Waals surface area contributed by atoms with Crippen molar-refractivity contribution in [1.29, 1.82) is 5.26 Å². The maximum atomic E-state index is 14.6. The van der Waals surface area contributed by atoms with Gasteiger partial charge in [-0.3, -0.25) is 4.57 Å². The lowest BCUT2D eigenvalue weighted by Gasteiger charge is -2.28. The van der Waals surface area contributed by atoms with Crippen LogP contribution < -0.4 is 9.64 Å². The number of hydrogen-bond donors (Lipinski definition) is 0. The van der Waals surface area contributed by atoms with Crippen LogP contribution in [0, 0.1) is 23.0 Å². The third-order valence-corrected chi connectivity index (χ3v) is 5.96. The number of ether oxygens (including phenoxy) is 1. The van der Waals surface area contributed by atoms with Gasteiger partial charge in [-0.05, 0) is 55.7 Å². The summed E-state index contributed by atoms with van der Waals surface area (Å²) in [6.45, 7) is 1.84. The SMILES string of the molecule is COc1ccc(-n2c(-c3ccc(C#N)c(F)c3)nc3c(N4CCCCC4)ccnc32)cc1F. The zero-order chi connectivity index (χ0) is 22.9. The standard InChI is InChI=1S/C25H21F2N5O/c1-33-22-8-7-18(14-20(22)27)32-24(16-5-6-17(15-28)19(26)13-16)30-23-21(9-10-29-25(23)32)31-11-3-2-4-12-31/h5-10,13-14H,2-4,11-12H2,1H3. The highest BCUT2D eigenvalue weighted by molar-refractivity contribution is 5.90. The highest BCUT2D eigenvalue weighted by Gasteiger charge is 2.22. The molecule has 2 aromatic carbocycles. The molecule has 8 heteroatoms. The van der Waals surface area contributed by atoms with Crippen LogP contribution in [-0.2, 0) is 0 Å². The molecule has 0 spiro atoms. The Kier molecular flexibility index (Phi) is 5.38. The van der Waals surface area contributed by atoms with Crippen molar-refractivity contribution in [2.75, 3.05) is 25.1 Å². The maximum Gasteiger partial charge on any atom is 0.167 e. The smallest absolute Gasteiger partial charge is 0.167 e. The van der Waals surface area contributed by atoms with Gasteiger partial charge in [-0.15, -0.1) is 0 Å². The molecule has 5 rings (SSSR count). The lowest BCUT2D eigenvalue weighted by atomic mass is 10.1. The third kappa shape index (κ3) is 3.65. The first-order valence-electron chi connectivity index (χ1n) is 10.8. The van der Waals surface area contributed by atoms with Crippen molar-refractivity contribution in [2.45, 2.75) is 19.3 Å². The molecule has 3 heterocycles. The number of rotatable bonds is 4. The van der Waals surface area contributed by atoms with Crippen LogP contribution in [0.5, 0.6) is 5.75 Å². The van der Waals surface area contributed by atoms with Crippen LogP contribution in [-0.4, -0.2) is 34.7 Å². The molecule has 0 atom stereocenters. The molecule has 0 N–H and O–H groups in total. The Balaban J connectivity index is 1.77. The van der Waals surface area contributed by atoms with Crippen LogP contribution in [0.15, 0.2) is 48.7 Å². The number of imidazole rings is 1. The van der Waals surface area contributed by atoms with Crippen LogP contribution in [0.3, 0.4) is 0 Å². The number of nitriles is 1. The number of nitrogens with zero attached hydrogens (tertiary/aromatic N) is 5. The molecule has 0 unspecified atom stereocenters. The molecule has 166 valence electrons. The Hall–Kier alpha value is -3.99. The predicted molar refractivity (Wildman–Crippen MR) is 122 cm³/mol. The highest BCUT2D eigenvalue weighted by atomic mass is 19.1. The number of methoxy groups -OCH3 is 1. The van der Waals surface area contributed by atoms with Crippen LogP contribution >= 0.6 is 0 Å². The summed E-state index contributed by atoms with van der Waals surface area (Å²) in [5.74, 6) is -0.634. The van der Waals surface area contributed by atoms with E-state index in [1.54, 1.807) is 22.9 Å². The molecular weight excluding hydrogens is 424 g/mol. The van der Waals surface area contributed by atoms with E-state index in [9.17, 15) is 8.78 Å². The van der Waals surface area contributed by atoms with Crippen LogP contribution in [0.25, 0.3) is 28.2 Å². The summed E-state index contributed by atoms with van der Waals surface area (Å²) < 4.78 is 35.9. The van der Waals surface area contributed by atoms with E-state index in [2.05, 4.69) is 9.88 Å². The topological polar surface area (TPSA) is 67.0 Å². The molecule has 0 bridgehead atoms. The summed E-state index contributed by atoms with van der Waals surface area (Å²) in [6, 6.07) is 12.7. The van der Waals surface area contributed by atoms with Crippen molar-refractivity contribution >= 4 is 16.9 Å². The van der Waals surface area contributed by atoms with Crippen molar-refractivity contribution in [1.82, 2.24) is 14.5 Å². The Morgan fingerprint density at radius 3 is 2.52 bits per heavy atom. The molecule has 0 saturated carbocycles.